The van der Waals surface area contributed by atoms with E-state index in [2.05, 4.69) is 15.4 Å². The minimum atomic E-state index is -0.246. The molecule has 5 nitrogen and oxygen atoms in total. The lowest BCUT2D eigenvalue weighted by atomic mass is 9.98. The molecule has 0 fully saturated rings. The third-order valence-corrected chi connectivity index (χ3v) is 4.25. The summed E-state index contributed by atoms with van der Waals surface area (Å²) in [4.78, 5) is 17.3. The smallest absolute Gasteiger partial charge is 0.270 e. The van der Waals surface area contributed by atoms with Crippen LogP contribution < -0.4 is 5.32 Å². The fourth-order valence-corrected chi connectivity index (χ4v) is 3.04. The third kappa shape index (κ3) is 3.07. The molecule has 0 saturated carbocycles. The summed E-state index contributed by atoms with van der Waals surface area (Å²) < 4.78 is 1.58. The lowest BCUT2D eigenvalue weighted by molar-refractivity contribution is 0.0935. The second kappa shape index (κ2) is 6.80. The van der Waals surface area contributed by atoms with Gasteiger partial charge in [-0.15, -0.1) is 0 Å². The van der Waals surface area contributed by atoms with E-state index in [1.54, 1.807) is 16.8 Å². The van der Waals surface area contributed by atoms with Crippen molar-refractivity contribution in [3.05, 3.63) is 102 Å². The Labute approximate surface area is 151 Å². The van der Waals surface area contributed by atoms with Crippen molar-refractivity contribution in [2.45, 2.75) is 13.0 Å². The molecule has 0 radical (unpaired) electrons. The number of nitrogens with zero attached hydrogens (tertiary/aromatic N) is 3. The number of aryl methyl sites for hydroxylation is 1. The molecule has 5 heteroatoms. The number of nitrogens with one attached hydrogen (secondary N) is 1. The first-order chi connectivity index (χ1) is 12.7. The van der Waals surface area contributed by atoms with Crippen LogP contribution in [0.1, 0.15) is 33.4 Å². The number of aromatic nitrogens is 3. The summed E-state index contributed by atoms with van der Waals surface area (Å²) in [5.41, 5.74) is 3.98. The van der Waals surface area contributed by atoms with Gasteiger partial charge in [-0.2, -0.15) is 5.10 Å². The van der Waals surface area contributed by atoms with Crippen molar-refractivity contribution in [3.8, 4) is 0 Å². The largest absolute Gasteiger partial charge is 0.340 e. The number of benzene rings is 2. The molecule has 4 aromatic rings. The normalized spacial score (nSPS) is 11.0. The highest BCUT2D eigenvalue weighted by atomic mass is 16.2. The maximum Gasteiger partial charge on any atom is 0.270 e. The minimum absolute atomic E-state index is 0.196. The topological polar surface area (TPSA) is 59.3 Å². The van der Waals surface area contributed by atoms with Crippen LogP contribution in [0.25, 0.3) is 5.65 Å². The predicted octanol–water partition coefficient (Wildman–Crippen LogP) is 3.56. The van der Waals surface area contributed by atoms with Crippen molar-refractivity contribution in [1.29, 1.82) is 0 Å². The van der Waals surface area contributed by atoms with E-state index in [9.17, 15) is 4.79 Å². The monoisotopic (exact) mass is 342 g/mol. The quantitative estimate of drug-likeness (QED) is 0.617. The molecule has 0 spiro atoms. The third-order valence-electron chi connectivity index (χ3n) is 4.25. The highest BCUT2D eigenvalue weighted by molar-refractivity contribution is 5.93. The molecule has 1 amide bonds. The van der Waals surface area contributed by atoms with E-state index in [4.69, 9.17) is 0 Å². The first-order valence-corrected chi connectivity index (χ1v) is 8.44. The molecule has 0 aliphatic carbocycles. The molecule has 0 aliphatic heterocycles. The number of hydrogen-bond acceptors (Lipinski definition) is 3. The summed E-state index contributed by atoms with van der Waals surface area (Å²) >= 11 is 0. The van der Waals surface area contributed by atoms with E-state index in [1.807, 2.05) is 73.7 Å². The number of rotatable bonds is 4. The van der Waals surface area contributed by atoms with Gasteiger partial charge in [0.1, 0.15) is 5.69 Å². The average molecular weight is 342 g/mol. The number of carbonyl (C=O) groups is 1. The highest BCUT2D eigenvalue weighted by Gasteiger charge is 2.19. The van der Waals surface area contributed by atoms with Gasteiger partial charge >= 0.3 is 0 Å². The van der Waals surface area contributed by atoms with E-state index in [0.29, 0.717) is 11.3 Å². The zero-order valence-corrected chi connectivity index (χ0v) is 14.3. The minimum Gasteiger partial charge on any atom is -0.340 e. The molecule has 0 unspecified atom stereocenters. The SMILES string of the molecule is Cc1cc2nccc(C(=O)NC(c3ccccc3)c3ccccc3)n2n1. The lowest BCUT2D eigenvalue weighted by Gasteiger charge is -2.20. The Hall–Kier alpha value is -3.47. The Bertz CT molecular complexity index is 1000. The van der Waals surface area contributed by atoms with Crippen molar-refractivity contribution in [2.75, 3.05) is 0 Å². The molecule has 2 aromatic carbocycles. The van der Waals surface area contributed by atoms with Crippen LogP contribution in [-0.4, -0.2) is 20.5 Å². The van der Waals surface area contributed by atoms with Crippen LogP contribution in [0.5, 0.6) is 0 Å². The number of amides is 1. The van der Waals surface area contributed by atoms with Gasteiger partial charge in [-0.25, -0.2) is 9.50 Å². The molecule has 128 valence electrons. The molecule has 0 bridgehead atoms. The molecule has 1 N–H and O–H groups in total. The molecule has 2 aromatic heterocycles. The second-order valence-electron chi connectivity index (χ2n) is 6.11. The summed E-state index contributed by atoms with van der Waals surface area (Å²) in [5.74, 6) is -0.196. The van der Waals surface area contributed by atoms with Gasteiger partial charge in [0, 0.05) is 12.3 Å². The zero-order chi connectivity index (χ0) is 17.9. The Balaban J connectivity index is 1.72. The Kier molecular flexibility index (Phi) is 4.19. The van der Waals surface area contributed by atoms with E-state index in [0.717, 1.165) is 16.8 Å². The summed E-state index contributed by atoms with van der Waals surface area (Å²) in [6.45, 7) is 1.88. The van der Waals surface area contributed by atoms with Crippen LogP contribution in [0.15, 0.2) is 79.0 Å². The van der Waals surface area contributed by atoms with Crippen LogP contribution in [-0.2, 0) is 0 Å². The molecular formula is C21H18N4O. The molecule has 4 rings (SSSR count). The molecular weight excluding hydrogens is 324 g/mol. The number of fused-ring (bicyclic) bond motifs is 1. The summed E-state index contributed by atoms with van der Waals surface area (Å²) in [7, 11) is 0. The summed E-state index contributed by atoms with van der Waals surface area (Å²) in [6.07, 6.45) is 1.63. The predicted molar refractivity (Wildman–Crippen MR) is 99.9 cm³/mol. The van der Waals surface area contributed by atoms with Crippen LogP contribution in [0.3, 0.4) is 0 Å². The number of carbonyl (C=O) groups excluding carboxylic acids is 1. The Morgan fingerprint density at radius 3 is 2.19 bits per heavy atom. The molecule has 0 atom stereocenters. The van der Waals surface area contributed by atoms with Gasteiger partial charge in [-0.1, -0.05) is 60.7 Å². The van der Waals surface area contributed by atoms with Gasteiger partial charge in [0.2, 0.25) is 0 Å². The van der Waals surface area contributed by atoms with Gasteiger partial charge < -0.3 is 5.32 Å². The van der Waals surface area contributed by atoms with Crippen LogP contribution in [0.4, 0.5) is 0 Å². The van der Waals surface area contributed by atoms with Crippen molar-refractivity contribution in [2.24, 2.45) is 0 Å². The number of hydrogen-bond donors (Lipinski definition) is 1. The van der Waals surface area contributed by atoms with E-state index in [1.165, 1.54) is 0 Å². The first kappa shape index (κ1) is 16.0. The van der Waals surface area contributed by atoms with Crippen LogP contribution in [0, 0.1) is 6.92 Å². The maximum atomic E-state index is 13.0. The van der Waals surface area contributed by atoms with Gasteiger partial charge in [0.25, 0.3) is 5.91 Å². The Morgan fingerprint density at radius 1 is 0.962 bits per heavy atom. The fourth-order valence-electron chi connectivity index (χ4n) is 3.04. The lowest BCUT2D eigenvalue weighted by Crippen LogP contribution is -2.31. The van der Waals surface area contributed by atoms with Gasteiger partial charge in [-0.05, 0) is 24.1 Å². The molecule has 26 heavy (non-hydrogen) atoms. The zero-order valence-electron chi connectivity index (χ0n) is 14.3. The highest BCUT2D eigenvalue weighted by Crippen LogP contribution is 2.22. The van der Waals surface area contributed by atoms with Crippen molar-refractivity contribution >= 4 is 11.6 Å². The average Bonchev–Trinajstić information content (AvgIpc) is 3.07. The standard InChI is InChI=1S/C21H18N4O/c1-15-14-19-22-13-12-18(25(19)24-15)21(26)23-20(16-8-4-2-5-9-16)17-10-6-3-7-11-17/h2-14,20H,1H3,(H,23,26). The Morgan fingerprint density at radius 2 is 1.58 bits per heavy atom. The summed E-state index contributed by atoms with van der Waals surface area (Å²) in [5, 5.41) is 7.52. The van der Waals surface area contributed by atoms with E-state index < -0.39 is 0 Å². The van der Waals surface area contributed by atoms with Gasteiger partial charge in [0.15, 0.2) is 5.65 Å². The van der Waals surface area contributed by atoms with E-state index in [-0.39, 0.29) is 11.9 Å². The second-order valence-corrected chi connectivity index (χ2v) is 6.11. The van der Waals surface area contributed by atoms with Crippen LogP contribution in [0.2, 0.25) is 0 Å². The molecule has 2 heterocycles. The van der Waals surface area contributed by atoms with Crippen LogP contribution >= 0.6 is 0 Å². The maximum absolute atomic E-state index is 13.0. The fraction of sp³-hybridized carbons (Fsp3) is 0.0952. The van der Waals surface area contributed by atoms with Crippen molar-refractivity contribution < 1.29 is 4.79 Å². The summed E-state index contributed by atoms with van der Waals surface area (Å²) in [6, 6.07) is 23.1. The van der Waals surface area contributed by atoms with E-state index >= 15 is 0 Å². The van der Waals surface area contributed by atoms with Crippen molar-refractivity contribution in [1.82, 2.24) is 19.9 Å². The van der Waals surface area contributed by atoms with Gasteiger partial charge in [0.05, 0.1) is 11.7 Å². The first-order valence-electron chi connectivity index (χ1n) is 8.44. The van der Waals surface area contributed by atoms with Gasteiger partial charge in [-0.3, -0.25) is 4.79 Å². The van der Waals surface area contributed by atoms with Crippen molar-refractivity contribution in [3.63, 3.8) is 0 Å². The molecule has 0 saturated heterocycles. The molecule has 0 aliphatic rings.